The number of benzene rings is 2. The molecule has 0 nitrogen and oxygen atoms in total. The van der Waals surface area contributed by atoms with Crippen molar-refractivity contribution < 1.29 is 26.2 Å². The van der Waals surface area contributed by atoms with Gasteiger partial charge < -0.3 is 0 Å². The molecule has 0 amide bonds. The van der Waals surface area contributed by atoms with Gasteiger partial charge in [-0.25, -0.2) is 12.1 Å². The predicted molar refractivity (Wildman–Crippen MR) is 82.1 cm³/mol. The number of hydrogen-bond acceptors (Lipinski definition) is 0. The summed E-state index contributed by atoms with van der Waals surface area (Å²) in [6.45, 7) is 4.10. The molecular weight excluding hydrogens is 319 g/mol. The van der Waals surface area contributed by atoms with Crippen molar-refractivity contribution in [3.05, 3.63) is 102 Å². The van der Waals surface area contributed by atoms with Gasteiger partial charge in [0, 0.05) is 0 Å². The molecule has 0 saturated heterocycles. The minimum atomic E-state index is 0. The quantitative estimate of drug-likeness (QED) is 0.506. The summed E-state index contributed by atoms with van der Waals surface area (Å²) in [4.78, 5) is 0. The van der Waals surface area contributed by atoms with Crippen LogP contribution in [0.25, 0.3) is 0 Å². The van der Waals surface area contributed by atoms with Crippen molar-refractivity contribution in [2.45, 2.75) is 13.8 Å². The summed E-state index contributed by atoms with van der Waals surface area (Å²) in [6, 6.07) is 31.7. The van der Waals surface area contributed by atoms with Gasteiger partial charge in [-0.15, -0.1) is 0 Å². The van der Waals surface area contributed by atoms with Crippen LogP contribution in [0.2, 0.25) is 0 Å². The molecule has 0 bridgehead atoms. The predicted octanol–water partition coefficient (Wildman–Crippen LogP) is 4.99. The molecule has 0 heterocycles. The fourth-order valence-corrected chi connectivity index (χ4v) is 1.29. The van der Waals surface area contributed by atoms with Crippen LogP contribution in [-0.2, 0) is 26.2 Å². The zero-order chi connectivity index (χ0) is 13.8. The molecule has 0 aliphatic carbocycles. The van der Waals surface area contributed by atoms with E-state index in [0.29, 0.717) is 0 Å². The van der Waals surface area contributed by atoms with Gasteiger partial charge in [-0.05, 0) is 0 Å². The Bertz CT molecular complexity index is 443. The van der Waals surface area contributed by atoms with E-state index < -0.39 is 0 Å². The van der Waals surface area contributed by atoms with Gasteiger partial charge in [0.1, 0.15) is 0 Å². The Morgan fingerprint density at radius 3 is 1.35 bits per heavy atom. The minimum Gasteiger partial charge on any atom is -0.214 e. The Labute approximate surface area is 142 Å². The zero-order valence-electron chi connectivity index (χ0n) is 12.0. The molecule has 0 aromatic heterocycles. The molecule has 0 N–H and O–H groups in total. The summed E-state index contributed by atoms with van der Waals surface area (Å²) in [5.41, 5.74) is 2.53. The Kier molecular flexibility index (Phi) is 11.9. The fourth-order valence-electron chi connectivity index (χ4n) is 1.29. The first kappa shape index (κ1) is 18.7. The van der Waals surface area contributed by atoms with Crippen LogP contribution in [0.4, 0.5) is 0 Å². The van der Waals surface area contributed by atoms with Crippen LogP contribution in [0.15, 0.2) is 78.9 Å². The molecule has 0 saturated carbocycles. The average Bonchev–Trinajstić information content (AvgIpc) is 3.00. The summed E-state index contributed by atoms with van der Waals surface area (Å²) < 4.78 is 0. The molecule has 20 heavy (non-hydrogen) atoms. The van der Waals surface area contributed by atoms with Gasteiger partial charge in [-0.1, -0.05) is 13.8 Å². The largest absolute Gasteiger partial charge is 3.00 e. The van der Waals surface area contributed by atoms with E-state index in [1.165, 1.54) is 11.1 Å². The summed E-state index contributed by atoms with van der Waals surface area (Å²) in [5, 5.41) is 0. The number of hydrogen-bond donors (Lipinski definition) is 0. The van der Waals surface area contributed by atoms with Crippen molar-refractivity contribution in [1.82, 2.24) is 0 Å². The van der Waals surface area contributed by atoms with Crippen molar-refractivity contribution in [3.63, 3.8) is 0 Å². The molecule has 0 spiro atoms. The van der Waals surface area contributed by atoms with Crippen molar-refractivity contribution in [2.75, 3.05) is 0 Å². The minimum absolute atomic E-state index is 0. The molecule has 3 aromatic carbocycles. The van der Waals surface area contributed by atoms with Crippen molar-refractivity contribution in [1.29, 1.82) is 0 Å². The van der Waals surface area contributed by atoms with E-state index in [9.17, 15) is 0 Å². The Morgan fingerprint density at radius 2 is 1.20 bits per heavy atom. The first-order valence-corrected chi connectivity index (χ1v) is 6.31. The second-order valence-corrected chi connectivity index (χ2v) is 4.12. The van der Waals surface area contributed by atoms with E-state index in [1.54, 1.807) is 0 Å². The molecule has 99 valence electrons. The molecule has 3 aromatic rings. The van der Waals surface area contributed by atoms with E-state index in [0.717, 1.165) is 0 Å². The van der Waals surface area contributed by atoms with Gasteiger partial charge in [0.05, 0.1) is 0 Å². The molecule has 1 radical (unpaired) electrons. The molecule has 1 heteroatoms. The topological polar surface area (TPSA) is 0 Å². The van der Waals surface area contributed by atoms with Gasteiger partial charge in [0.15, 0.2) is 0 Å². The van der Waals surface area contributed by atoms with Crippen molar-refractivity contribution in [3.8, 4) is 0 Å². The number of rotatable bonds is 0. The Morgan fingerprint density at radius 1 is 0.750 bits per heavy atom. The van der Waals surface area contributed by atoms with Gasteiger partial charge in [0.25, 0.3) is 0 Å². The van der Waals surface area contributed by atoms with Crippen LogP contribution in [-0.4, -0.2) is 0 Å². The Balaban J connectivity index is 0.000000268. The molecule has 0 aliphatic rings. The molecular formula is C19H19Zr. The van der Waals surface area contributed by atoms with E-state index in [4.69, 9.17) is 0 Å². The second kappa shape index (κ2) is 12.7. The van der Waals surface area contributed by atoms with Crippen LogP contribution in [0, 0.1) is 26.0 Å². The fraction of sp³-hybridized carbons (Fsp3) is 0.105. The van der Waals surface area contributed by atoms with E-state index in [2.05, 4.69) is 38.1 Å². The maximum atomic E-state index is 2.96. The first-order valence-electron chi connectivity index (χ1n) is 6.31. The van der Waals surface area contributed by atoms with E-state index in [-0.39, 0.29) is 26.2 Å². The zero-order valence-corrected chi connectivity index (χ0v) is 14.5. The molecule has 3 rings (SSSR count). The van der Waals surface area contributed by atoms with Crippen molar-refractivity contribution >= 4 is 0 Å². The third-order valence-electron chi connectivity index (χ3n) is 2.28. The van der Waals surface area contributed by atoms with Gasteiger partial charge in [-0.2, -0.15) is 90.0 Å². The average molecular weight is 339 g/mol. The van der Waals surface area contributed by atoms with Crippen molar-refractivity contribution in [2.24, 2.45) is 0 Å². The van der Waals surface area contributed by atoms with Gasteiger partial charge >= 0.3 is 26.2 Å². The maximum absolute atomic E-state index is 2.96. The van der Waals surface area contributed by atoms with Crippen LogP contribution in [0.3, 0.4) is 0 Å². The standard InChI is InChI=1S/2C7H7.C5H5.Zr/c2*1-7-5-3-2-4-6-7;1-2-4-5-3-1;/h2*2-3,5-6H,1H3;1-5H;/q3*-1;+3. The summed E-state index contributed by atoms with van der Waals surface area (Å²) in [7, 11) is 0. The van der Waals surface area contributed by atoms with Crippen LogP contribution >= 0.6 is 0 Å². The summed E-state index contributed by atoms with van der Waals surface area (Å²) in [6.07, 6.45) is 0. The maximum Gasteiger partial charge on any atom is 3.00 e. The first-order chi connectivity index (χ1) is 9.29. The molecule has 0 aliphatic heterocycles. The van der Waals surface area contributed by atoms with Gasteiger partial charge in [-0.3, -0.25) is 0 Å². The van der Waals surface area contributed by atoms with Gasteiger partial charge in [0.2, 0.25) is 0 Å². The molecule has 0 fully saturated rings. The van der Waals surface area contributed by atoms with E-state index in [1.807, 2.05) is 66.7 Å². The molecule has 0 unspecified atom stereocenters. The summed E-state index contributed by atoms with van der Waals surface area (Å²) >= 11 is 0. The second-order valence-electron chi connectivity index (χ2n) is 4.12. The third-order valence-corrected chi connectivity index (χ3v) is 2.28. The smallest absolute Gasteiger partial charge is 0.214 e. The normalized spacial score (nSPS) is 8.10. The van der Waals surface area contributed by atoms with Crippen LogP contribution in [0.1, 0.15) is 11.1 Å². The monoisotopic (exact) mass is 337 g/mol. The van der Waals surface area contributed by atoms with Crippen LogP contribution < -0.4 is 0 Å². The Hall–Kier alpha value is -1.33. The summed E-state index contributed by atoms with van der Waals surface area (Å²) in [5.74, 6) is 0. The van der Waals surface area contributed by atoms with Crippen LogP contribution in [0.5, 0.6) is 0 Å². The van der Waals surface area contributed by atoms with E-state index >= 15 is 0 Å². The SMILES string of the molecule is Cc1c[c-]ccc1.Cc1c[c-]ccc1.[Zr+3].c1cc[cH-]c1. The third kappa shape index (κ3) is 10.6. The number of aryl methyl sites for hydroxylation is 2. The molecule has 0 atom stereocenters.